The molecule has 0 N–H and O–H groups in total. The van der Waals surface area contributed by atoms with Crippen LogP contribution in [0, 0.1) is 6.42 Å². The Bertz CT molecular complexity index is 131. The van der Waals surface area contributed by atoms with Crippen LogP contribution in [-0.2, 0) is 0 Å². The number of hydrogen-bond donors (Lipinski definition) is 0. The van der Waals surface area contributed by atoms with Gasteiger partial charge in [-0.3, -0.25) is 0 Å². The van der Waals surface area contributed by atoms with Crippen LogP contribution >= 0.6 is 0 Å². The fraction of sp³-hybridized carbons (Fsp3) is 0.300. The molecular weight excluding hydrogens is 120 g/mol. The second kappa shape index (κ2) is 5.04. The summed E-state index contributed by atoms with van der Waals surface area (Å²) < 4.78 is 0. The molecule has 0 heterocycles. The summed E-state index contributed by atoms with van der Waals surface area (Å²) in [6, 6.07) is 0. The molecule has 0 atom stereocenters. The quantitative estimate of drug-likeness (QED) is 0.476. The minimum Gasteiger partial charge on any atom is -0.0845 e. The molecule has 53 valence electrons. The zero-order valence-electron chi connectivity index (χ0n) is 6.16. The van der Waals surface area contributed by atoms with E-state index in [0.717, 1.165) is 0 Å². The zero-order chi connectivity index (χ0) is 7.07. The van der Waals surface area contributed by atoms with Crippen molar-refractivity contribution in [3.8, 4) is 0 Å². The van der Waals surface area contributed by atoms with E-state index >= 15 is 0 Å². The van der Waals surface area contributed by atoms with Gasteiger partial charge in [0.15, 0.2) is 0 Å². The van der Waals surface area contributed by atoms with Crippen LogP contribution in [0.15, 0.2) is 36.5 Å². The fourth-order valence-electron chi connectivity index (χ4n) is 0.896. The van der Waals surface area contributed by atoms with E-state index in [2.05, 4.69) is 42.9 Å². The number of hydrogen-bond acceptors (Lipinski definition) is 0. The van der Waals surface area contributed by atoms with Gasteiger partial charge in [0.2, 0.25) is 0 Å². The molecule has 0 aromatic rings. The molecule has 0 amide bonds. The molecule has 1 radical (unpaired) electrons. The normalized spacial score (nSPS) is 28.8. The third-order valence-corrected chi connectivity index (χ3v) is 1.46. The van der Waals surface area contributed by atoms with Gasteiger partial charge < -0.3 is 0 Å². The monoisotopic (exact) mass is 133 g/mol. The van der Waals surface area contributed by atoms with Gasteiger partial charge >= 0.3 is 0 Å². The fourth-order valence-corrected chi connectivity index (χ4v) is 0.896. The van der Waals surface area contributed by atoms with E-state index in [-0.39, 0.29) is 0 Å². The van der Waals surface area contributed by atoms with Gasteiger partial charge in [-0.2, -0.15) is 0 Å². The van der Waals surface area contributed by atoms with Crippen LogP contribution in [0.2, 0.25) is 0 Å². The first-order valence-electron chi connectivity index (χ1n) is 3.82. The second-order valence-electron chi connectivity index (χ2n) is 2.36. The predicted molar refractivity (Wildman–Crippen MR) is 45.6 cm³/mol. The van der Waals surface area contributed by atoms with Crippen LogP contribution in [0.5, 0.6) is 0 Å². The SMILES string of the molecule is [CH]1\C=C/C=C/C=C\CCC1. The van der Waals surface area contributed by atoms with Crippen LogP contribution in [0.3, 0.4) is 0 Å². The van der Waals surface area contributed by atoms with Gasteiger partial charge in [0.25, 0.3) is 0 Å². The summed E-state index contributed by atoms with van der Waals surface area (Å²) in [6.07, 6.45) is 18.5. The maximum Gasteiger partial charge on any atom is -0.0167 e. The molecule has 1 rings (SSSR count). The highest BCUT2D eigenvalue weighted by molar-refractivity contribution is 5.14. The molecule has 0 aromatic heterocycles. The lowest BCUT2D eigenvalue weighted by Crippen LogP contribution is -1.73. The molecule has 0 heteroatoms. The Labute approximate surface area is 62.9 Å². The largest absolute Gasteiger partial charge is 0.0845 e. The third kappa shape index (κ3) is 3.29. The van der Waals surface area contributed by atoms with Crippen molar-refractivity contribution in [2.24, 2.45) is 0 Å². The predicted octanol–water partition coefficient (Wildman–Crippen LogP) is 3.04. The van der Waals surface area contributed by atoms with E-state index < -0.39 is 0 Å². The first-order chi connectivity index (χ1) is 5.00. The van der Waals surface area contributed by atoms with E-state index in [4.69, 9.17) is 0 Å². The number of rotatable bonds is 0. The number of allylic oxidation sites excluding steroid dienone is 6. The average Bonchev–Trinajstić information content (AvgIpc) is 2.01. The molecule has 0 bridgehead atoms. The van der Waals surface area contributed by atoms with Gasteiger partial charge in [-0.15, -0.1) is 0 Å². The lowest BCUT2D eigenvalue weighted by atomic mass is 10.1. The van der Waals surface area contributed by atoms with Gasteiger partial charge in [0, 0.05) is 0 Å². The van der Waals surface area contributed by atoms with E-state index in [1.165, 1.54) is 19.3 Å². The minimum atomic E-state index is 1.20. The van der Waals surface area contributed by atoms with Crippen LogP contribution in [0.1, 0.15) is 19.3 Å². The molecule has 0 nitrogen and oxygen atoms in total. The molecule has 0 aliphatic heterocycles. The van der Waals surface area contributed by atoms with Crippen molar-refractivity contribution in [2.75, 3.05) is 0 Å². The molecule has 10 heavy (non-hydrogen) atoms. The Morgan fingerprint density at radius 1 is 0.700 bits per heavy atom. The average molecular weight is 133 g/mol. The summed E-state index contributed by atoms with van der Waals surface area (Å²) in [5.41, 5.74) is 0. The summed E-state index contributed by atoms with van der Waals surface area (Å²) >= 11 is 0. The van der Waals surface area contributed by atoms with Crippen molar-refractivity contribution in [3.05, 3.63) is 42.9 Å². The first kappa shape index (κ1) is 7.33. The maximum atomic E-state index is 2.21. The smallest absolute Gasteiger partial charge is 0.0167 e. The topological polar surface area (TPSA) is 0 Å². The van der Waals surface area contributed by atoms with E-state index in [1.807, 2.05) is 0 Å². The minimum absolute atomic E-state index is 1.20. The lowest BCUT2D eigenvalue weighted by molar-refractivity contribution is 0.842. The first-order valence-corrected chi connectivity index (χ1v) is 3.82. The van der Waals surface area contributed by atoms with Crippen molar-refractivity contribution in [2.45, 2.75) is 19.3 Å². The van der Waals surface area contributed by atoms with Crippen molar-refractivity contribution >= 4 is 0 Å². The van der Waals surface area contributed by atoms with Gasteiger partial charge in [-0.1, -0.05) is 36.5 Å². The summed E-state index contributed by atoms with van der Waals surface area (Å²) in [5.74, 6) is 0. The molecule has 0 fully saturated rings. The Morgan fingerprint density at radius 3 is 2.50 bits per heavy atom. The second-order valence-corrected chi connectivity index (χ2v) is 2.36. The molecule has 0 unspecified atom stereocenters. The van der Waals surface area contributed by atoms with E-state index in [0.29, 0.717) is 0 Å². The summed E-state index contributed by atoms with van der Waals surface area (Å²) in [7, 11) is 0. The van der Waals surface area contributed by atoms with E-state index in [9.17, 15) is 0 Å². The Kier molecular flexibility index (Phi) is 3.69. The molecule has 0 saturated heterocycles. The van der Waals surface area contributed by atoms with Crippen LogP contribution < -0.4 is 0 Å². The van der Waals surface area contributed by atoms with Gasteiger partial charge in [0.1, 0.15) is 0 Å². The van der Waals surface area contributed by atoms with E-state index in [1.54, 1.807) is 0 Å². The maximum absolute atomic E-state index is 2.21. The van der Waals surface area contributed by atoms with Crippen LogP contribution in [0.4, 0.5) is 0 Å². The van der Waals surface area contributed by atoms with Crippen LogP contribution in [0.25, 0.3) is 0 Å². The van der Waals surface area contributed by atoms with Gasteiger partial charge in [-0.25, -0.2) is 0 Å². The molecule has 1 aliphatic carbocycles. The summed E-state index contributed by atoms with van der Waals surface area (Å²) in [6.45, 7) is 0. The molecule has 0 spiro atoms. The Hall–Kier alpha value is -0.780. The summed E-state index contributed by atoms with van der Waals surface area (Å²) in [5, 5.41) is 0. The zero-order valence-corrected chi connectivity index (χ0v) is 6.16. The molecule has 0 saturated carbocycles. The van der Waals surface area contributed by atoms with Crippen LogP contribution in [-0.4, -0.2) is 0 Å². The van der Waals surface area contributed by atoms with Crippen molar-refractivity contribution in [1.29, 1.82) is 0 Å². The van der Waals surface area contributed by atoms with Crippen molar-refractivity contribution in [1.82, 2.24) is 0 Å². The molecule has 1 aliphatic rings. The van der Waals surface area contributed by atoms with Crippen molar-refractivity contribution in [3.63, 3.8) is 0 Å². The van der Waals surface area contributed by atoms with Gasteiger partial charge in [-0.05, 0) is 25.7 Å². The Morgan fingerprint density at radius 2 is 1.50 bits per heavy atom. The highest BCUT2D eigenvalue weighted by Gasteiger charge is 1.83. The lowest BCUT2D eigenvalue weighted by Gasteiger charge is -1.92. The standard InChI is InChI=1S/C10H13/c1-2-4-6-8-10-9-7-5-3-1/h1-7H,8-10H2/b2-1+,5-3-,6-4-. The summed E-state index contributed by atoms with van der Waals surface area (Å²) in [4.78, 5) is 0. The molecular formula is C10H13. The van der Waals surface area contributed by atoms with Crippen molar-refractivity contribution < 1.29 is 0 Å². The van der Waals surface area contributed by atoms with Gasteiger partial charge in [0.05, 0.1) is 0 Å². The highest BCUT2D eigenvalue weighted by Crippen LogP contribution is 2.02. The Balaban J connectivity index is 2.40. The molecule has 0 aromatic carbocycles. The highest BCUT2D eigenvalue weighted by atomic mass is 13.9. The third-order valence-electron chi connectivity index (χ3n) is 1.46.